The average molecular weight is 489 g/mol. The van der Waals surface area contributed by atoms with E-state index in [4.69, 9.17) is 11.6 Å². The molecule has 0 bridgehead atoms. The smallest absolute Gasteiger partial charge is 0.302 e. The SMILES string of the molecule is O=C(C=Cn1cnc(-c2cc(C(F)(F)CF)c(Cl)c(C(F)(F)CF)c2)n1)N1CC(F)(F)C1. The largest absolute Gasteiger partial charge is 0.327 e. The Labute approximate surface area is 180 Å². The van der Waals surface area contributed by atoms with Crippen LogP contribution in [0.3, 0.4) is 0 Å². The highest BCUT2D eigenvalue weighted by Crippen LogP contribution is 2.43. The molecule has 3 rings (SSSR count). The Balaban J connectivity index is 1.94. The average Bonchev–Trinajstić information content (AvgIpc) is 3.19. The Morgan fingerprint density at radius 3 is 2.09 bits per heavy atom. The van der Waals surface area contributed by atoms with E-state index in [1.54, 1.807) is 0 Å². The molecule has 174 valence electrons. The second kappa shape index (κ2) is 8.34. The third-order valence-corrected chi connectivity index (χ3v) is 4.90. The summed E-state index contributed by atoms with van der Waals surface area (Å²) in [6, 6.07) is 1.19. The highest BCUT2D eigenvalue weighted by Gasteiger charge is 2.45. The monoisotopic (exact) mass is 488 g/mol. The molecule has 2 heterocycles. The fourth-order valence-corrected chi connectivity index (χ4v) is 3.21. The first-order valence-corrected chi connectivity index (χ1v) is 9.16. The number of benzene rings is 1. The van der Waals surface area contributed by atoms with Gasteiger partial charge in [-0.2, -0.15) is 17.6 Å². The van der Waals surface area contributed by atoms with E-state index in [0.29, 0.717) is 12.1 Å². The van der Waals surface area contributed by atoms with Crippen molar-refractivity contribution in [3.05, 3.63) is 40.7 Å². The van der Waals surface area contributed by atoms with Crippen LogP contribution in [-0.4, -0.2) is 57.9 Å². The minimum atomic E-state index is -4.25. The van der Waals surface area contributed by atoms with Crippen molar-refractivity contribution in [2.24, 2.45) is 0 Å². The molecule has 1 saturated heterocycles. The molecule has 0 N–H and O–H groups in total. The molecule has 0 aliphatic carbocycles. The van der Waals surface area contributed by atoms with Crippen LogP contribution < -0.4 is 0 Å². The zero-order valence-corrected chi connectivity index (χ0v) is 16.6. The van der Waals surface area contributed by atoms with E-state index < -0.39 is 77.7 Å². The van der Waals surface area contributed by atoms with Gasteiger partial charge in [-0.3, -0.25) is 4.79 Å². The topological polar surface area (TPSA) is 51.0 Å². The molecule has 0 unspecified atom stereocenters. The fraction of sp³-hybridized carbons (Fsp3) is 0.389. The third-order valence-electron chi connectivity index (χ3n) is 4.49. The molecule has 1 amide bonds. The number of nitrogens with zero attached hydrogens (tertiary/aromatic N) is 4. The van der Waals surface area contributed by atoms with Gasteiger partial charge in [0.05, 0.1) is 18.1 Å². The Kier molecular flexibility index (Phi) is 6.24. The second-order valence-corrected chi connectivity index (χ2v) is 7.35. The van der Waals surface area contributed by atoms with Crippen molar-refractivity contribution in [3.63, 3.8) is 0 Å². The van der Waals surface area contributed by atoms with E-state index in [9.17, 15) is 39.9 Å². The fourth-order valence-electron chi connectivity index (χ4n) is 2.82. The Hall–Kier alpha value is -2.70. The Bertz CT molecular complexity index is 1010. The van der Waals surface area contributed by atoms with Crippen molar-refractivity contribution < 1.29 is 39.9 Å². The zero-order chi connectivity index (χ0) is 23.9. The number of aromatic nitrogens is 3. The predicted molar refractivity (Wildman–Crippen MR) is 97.1 cm³/mol. The molecule has 1 aliphatic rings. The summed E-state index contributed by atoms with van der Waals surface area (Å²) in [5, 5.41) is 2.59. The van der Waals surface area contributed by atoms with E-state index >= 15 is 0 Å². The van der Waals surface area contributed by atoms with E-state index in [-0.39, 0.29) is 0 Å². The second-order valence-electron chi connectivity index (χ2n) is 6.98. The molecule has 5 nitrogen and oxygen atoms in total. The summed E-state index contributed by atoms with van der Waals surface area (Å²) >= 11 is 5.61. The van der Waals surface area contributed by atoms with E-state index in [1.165, 1.54) is 0 Å². The lowest BCUT2D eigenvalue weighted by molar-refractivity contribution is -0.160. The summed E-state index contributed by atoms with van der Waals surface area (Å²) in [7, 11) is 0. The van der Waals surface area contributed by atoms with Crippen molar-refractivity contribution >= 4 is 23.7 Å². The quantitative estimate of drug-likeness (QED) is 0.420. The molecule has 1 fully saturated rings. The minimum Gasteiger partial charge on any atom is -0.327 e. The van der Waals surface area contributed by atoms with Gasteiger partial charge in [0, 0.05) is 29.0 Å². The van der Waals surface area contributed by atoms with Crippen molar-refractivity contribution in [1.82, 2.24) is 19.7 Å². The van der Waals surface area contributed by atoms with Crippen LogP contribution in [0.15, 0.2) is 24.5 Å². The summed E-state index contributed by atoms with van der Waals surface area (Å²) < 4.78 is 108. The molecular formula is C18H13ClF8N4O. The number of hydrogen-bond donors (Lipinski definition) is 0. The molecule has 0 spiro atoms. The first-order chi connectivity index (χ1) is 14.8. The van der Waals surface area contributed by atoms with Gasteiger partial charge in [-0.1, -0.05) is 11.6 Å². The maximum Gasteiger partial charge on any atom is 0.302 e. The van der Waals surface area contributed by atoms with Gasteiger partial charge < -0.3 is 4.90 Å². The van der Waals surface area contributed by atoms with Gasteiger partial charge in [0.15, 0.2) is 19.2 Å². The summed E-state index contributed by atoms with van der Waals surface area (Å²) in [6.45, 7) is -6.00. The number of alkyl halides is 8. The number of carbonyl (C=O) groups is 1. The van der Waals surface area contributed by atoms with Crippen LogP contribution in [0, 0.1) is 0 Å². The van der Waals surface area contributed by atoms with E-state index in [2.05, 4.69) is 10.1 Å². The molecule has 0 saturated carbocycles. The Morgan fingerprint density at radius 2 is 1.62 bits per heavy atom. The molecular weight excluding hydrogens is 476 g/mol. The number of hydrogen-bond acceptors (Lipinski definition) is 3. The molecule has 1 aliphatic heterocycles. The van der Waals surface area contributed by atoms with Gasteiger partial charge >= 0.3 is 11.8 Å². The van der Waals surface area contributed by atoms with Crippen molar-refractivity contribution in [2.45, 2.75) is 17.8 Å². The lowest BCUT2D eigenvalue weighted by Crippen LogP contribution is -2.58. The number of rotatable bonds is 7. The Morgan fingerprint density at radius 1 is 1.09 bits per heavy atom. The number of halogens is 9. The van der Waals surface area contributed by atoms with Crippen LogP contribution >= 0.6 is 11.6 Å². The number of amides is 1. The van der Waals surface area contributed by atoms with Crippen molar-refractivity contribution in [2.75, 3.05) is 26.4 Å². The zero-order valence-electron chi connectivity index (χ0n) is 15.8. The van der Waals surface area contributed by atoms with Crippen LogP contribution in [0.25, 0.3) is 17.6 Å². The number of likely N-dealkylation sites (tertiary alicyclic amines) is 1. The maximum absolute atomic E-state index is 13.9. The minimum absolute atomic E-state index is 0.402. The number of carbonyl (C=O) groups excluding carboxylic acids is 1. The lowest BCUT2D eigenvalue weighted by atomic mass is 9.98. The highest BCUT2D eigenvalue weighted by molar-refractivity contribution is 6.32. The van der Waals surface area contributed by atoms with Crippen LogP contribution in [0.4, 0.5) is 35.1 Å². The lowest BCUT2D eigenvalue weighted by Gasteiger charge is -2.37. The van der Waals surface area contributed by atoms with Crippen LogP contribution in [0.5, 0.6) is 0 Å². The van der Waals surface area contributed by atoms with Crippen LogP contribution in [0.2, 0.25) is 5.02 Å². The summed E-state index contributed by atoms with van der Waals surface area (Å²) in [6.07, 6.45) is 2.87. The van der Waals surface area contributed by atoms with Gasteiger partial charge in [-0.25, -0.2) is 27.2 Å². The third kappa shape index (κ3) is 4.71. The highest BCUT2D eigenvalue weighted by atomic mass is 35.5. The van der Waals surface area contributed by atoms with Gasteiger partial charge in [-0.15, -0.1) is 5.10 Å². The van der Waals surface area contributed by atoms with Gasteiger partial charge in [-0.05, 0) is 12.1 Å². The summed E-state index contributed by atoms with van der Waals surface area (Å²) in [4.78, 5) is 16.3. The maximum atomic E-state index is 13.9. The van der Waals surface area contributed by atoms with Crippen molar-refractivity contribution in [3.8, 4) is 11.4 Å². The molecule has 0 radical (unpaired) electrons. The van der Waals surface area contributed by atoms with Gasteiger partial charge in [0.25, 0.3) is 5.92 Å². The first kappa shape index (κ1) is 24.0. The molecule has 32 heavy (non-hydrogen) atoms. The van der Waals surface area contributed by atoms with Crippen LogP contribution in [0.1, 0.15) is 11.1 Å². The summed E-state index contributed by atoms with van der Waals surface area (Å²) in [5.74, 6) is -12.6. The predicted octanol–water partition coefficient (Wildman–Crippen LogP) is 4.67. The van der Waals surface area contributed by atoms with Crippen molar-refractivity contribution in [1.29, 1.82) is 0 Å². The molecule has 2 aromatic rings. The molecule has 1 aromatic carbocycles. The molecule has 14 heteroatoms. The normalized spacial score (nSPS) is 16.5. The first-order valence-electron chi connectivity index (χ1n) is 8.78. The standard InChI is InChI=1S/C18H13ClF8N4O/c19-14-11(17(24,25)5-20)3-10(4-12(14)18(26,27)6-21)15-28-9-31(29-15)2-1-13(32)30-7-16(22,23)8-30/h1-4,9H,5-8H2. The molecule has 1 aromatic heterocycles. The van der Waals surface area contributed by atoms with E-state index in [0.717, 1.165) is 28.2 Å². The van der Waals surface area contributed by atoms with Gasteiger partial charge in [0.2, 0.25) is 5.91 Å². The van der Waals surface area contributed by atoms with Crippen LogP contribution in [-0.2, 0) is 16.6 Å². The molecule has 0 atom stereocenters. The van der Waals surface area contributed by atoms with E-state index in [1.807, 2.05) is 0 Å². The summed E-state index contributed by atoms with van der Waals surface area (Å²) in [5.41, 5.74) is -3.05. The van der Waals surface area contributed by atoms with Gasteiger partial charge in [0.1, 0.15) is 6.33 Å².